The number of carbonyl (C=O) groups is 3. The van der Waals surface area contributed by atoms with E-state index in [9.17, 15) is 22.8 Å². The van der Waals surface area contributed by atoms with E-state index >= 15 is 0 Å². The Labute approximate surface area is 251 Å². The van der Waals surface area contributed by atoms with Crippen LogP contribution in [0.1, 0.15) is 43.2 Å². The van der Waals surface area contributed by atoms with Crippen LogP contribution in [0.15, 0.2) is 47.4 Å². The molecule has 5 rings (SSSR count). The number of nitrogens with one attached hydrogen (secondary N) is 1. The molecule has 2 aromatic carbocycles. The van der Waals surface area contributed by atoms with Gasteiger partial charge in [0.05, 0.1) is 16.5 Å². The maximum atomic E-state index is 13.6. The van der Waals surface area contributed by atoms with Gasteiger partial charge in [-0.2, -0.15) is 0 Å². The van der Waals surface area contributed by atoms with Gasteiger partial charge in [0.1, 0.15) is 11.6 Å². The first-order valence-electron chi connectivity index (χ1n) is 14.7. The summed E-state index contributed by atoms with van der Waals surface area (Å²) >= 11 is 0. The second-order valence-electron chi connectivity index (χ2n) is 11.7. The number of amides is 3. The fourth-order valence-electron chi connectivity index (χ4n) is 6.01. The molecule has 3 N–H and O–H groups in total. The summed E-state index contributed by atoms with van der Waals surface area (Å²) in [6.07, 6.45) is 4.57. The third-order valence-corrected chi connectivity index (χ3v) is 9.56. The number of nitrogens with two attached hydrogens (primary N) is 1. The van der Waals surface area contributed by atoms with Gasteiger partial charge in [-0.1, -0.05) is 23.4 Å². The van der Waals surface area contributed by atoms with E-state index in [-0.39, 0.29) is 47.9 Å². The summed E-state index contributed by atoms with van der Waals surface area (Å²) in [5.41, 5.74) is 9.70. The Kier molecular flexibility index (Phi) is 9.11. The molecule has 0 spiro atoms. The van der Waals surface area contributed by atoms with Crippen molar-refractivity contribution in [2.24, 2.45) is 18.7 Å². The molecule has 1 aromatic heterocycles. The van der Waals surface area contributed by atoms with Crippen molar-refractivity contribution in [1.29, 1.82) is 0 Å². The quantitative estimate of drug-likeness (QED) is 0.347. The average Bonchev–Trinajstić information content (AvgIpc) is 3.75. The van der Waals surface area contributed by atoms with E-state index in [0.29, 0.717) is 19.4 Å². The van der Waals surface area contributed by atoms with E-state index in [1.54, 1.807) is 33.8 Å². The minimum absolute atomic E-state index is 0.00644. The Morgan fingerprint density at radius 1 is 1.07 bits per heavy atom. The number of likely N-dealkylation sites (tertiary alicyclic amines) is 2. The molecule has 3 atom stereocenters. The molecule has 230 valence electrons. The summed E-state index contributed by atoms with van der Waals surface area (Å²) in [6, 6.07) is 10.8. The van der Waals surface area contributed by atoms with Gasteiger partial charge in [-0.15, -0.1) is 5.10 Å². The number of fused-ring (bicyclic) bond motifs is 1. The van der Waals surface area contributed by atoms with Gasteiger partial charge in [-0.05, 0) is 73.4 Å². The Morgan fingerprint density at radius 2 is 1.77 bits per heavy atom. The largest absolute Gasteiger partial charge is 0.350 e. The van der Waals surface area contributed by atoms with E-state index in [0.717, 1.165) is 48.1 Å². The zero-order valence-corrected chi connectivity index (χ0v) is 25.4. The lowest BCUT2D eigenvalue weighted by Crippen LogP contribution is -2.51. The number of hydrogen-bond acceptors (Lipinski definition) is 8. The minimum atomic E-state index is -3.31. The predicted molar refractivity (Wildman–Crippen MR) is 160 cm³/mol. The molecular formula is C30H39N7O5S. The van der Waals surface area contributed by atoms with Crippen molar-refractivity contribution >= 4 is 38.6 Å². The summed E-state index contributed by atoms with van der Waals surface area (Å²) < 4.78 is 25.4. The Bertz CT molecular complexity index is 1600. The second-order valence-corrected chi connectivity index (χ2v) is 13.7. The van der Waals surface area contributed by atoms with E-state index < -0.39 is 21.9 Å². The molecule has 3 heterocycles. The first kappa shape index (κ1) is 30.6. The summed E-state index contributed by atoms with van der Waals surface area (Å²) in [7, 11) is -1.50. The smallest absolute Gasteiger partial charge is 0.243 e. The van der Waals surface area contributed by atoms with Crippen molar-refractivity contribution in [2.45, 2.75) is 62.0 Å². The summed E-state index contributed by atoms with van der Waals surface area (Å²) in [6.45, 7) is 2.09. The highest BCUT2D eigenvalue weighted by atomic mass is 32.2. The highest BCUT2D eigenvalue weighted by Crippen LogP contribution is 2.28. The maximum Gasteiger partial charge on any atom is 0.243 e. The van der Waals surface area contributed by atoms with Gasteiger partial charge < -0.3 is 20.9 Å². The van der Waals surface area contributed by atoms with Crippen LogP contribution < -0.4 is 11.1 Å². The number of hydrogen-bond donors (Lipinski definition) is 2. The molecule has 12 nitrogen and oxygen atoms in total. The molecule has 13 heteroatoms. The van der Waals surface area contributed by atoms with E-state index in [1.807, 2.05) is 30.1 Å². The van der Waals surface area contributed by atoms with Gasteiger partial charge in [-0.3, -0.25) is 14.4 Å². The van der Waals surface area contributed by atoms with Crippen LogP contribution in [0.5, 0.6) is 0 Å². The number of aryl methyl sites for hydroxylation is 1. The molecule has 3 aromatic rings. The molecule has 3 amide bonds. The van der Waals surface area contributed by atoms with Gasteiger partial charge in [0.25, 0.3) is 0 Å². The van der Waals surface area contributed by atoms with E-state index in [1.165, 1.54) is 6.26 Å². The number of rotatable bonds is 10. The van der Waals surface area contributed by atoms with Crippen molar-refractivity contribution < 1.29 is 22.8 Å². The molecule has 2 aliphatic rings. The van der Waals surface area contributed by atoms with Crippen LogP contribution in [0, 0.1) is 5.92 Å². The predicted octanol–water partition coefficient (Wildman–Crippen LogP) is 1.18. The number of sulfone groups is 1. The highest BCUT2D eigenvalue weighted by molar-refractivity contribution is 7.90. The van der Waals surface area contributed by atoms with Gasteiger partial charge in [0, 0.05) is 45.9 Å². The monoisotopic (exact) mass is 609 g/mol. The fourth-order valence-corrected chi connectivity index (χ4v) is 6.64. The zero-order valence-electron chi connectivity index (χ0n) is 24.6. The van der Waals surface area contributed by atoms with Crippen LogP contribution in [0.2, 0.25) is 0 Å². The van der Waals surface area contributed by atoms with Gasteiger partial charge in [0.2, 0.25) is 17.7 Å². The van der Waals surface area contributed by atoms with E-state index in [2.05, 4.69) is 15.6 Å². The number of benzene rings is 2. The van der Waals surface area contributed by atoms with Crippen molar-refractivity contribution in [2.75, 3.05) is 25.9 Å². The lowest BCUT2D eigenvalue weighted by Gasteiger charge is -2.27. The number of nitrogens with zero attached hydrogens (tertiary/aromatic N) is 5. The normalized spacial score (nSPS) is 19.6. The molecule has 2 saturated heterocycles. The number of aromatic nitrogens is 3. The first-order valence-corrected chi connectivity index (χ1v) is 16.6. The van der Waals surface area contributed by atoms with Crippen molar-refractivity contribution in [3.63, 3.8) is 0 Å². The molecule has 0 aliphatic carbocycles. The van der Waals surface area contributed by atoms with Crippen molar-refractivity contribution in [3.8, 4) is 0 Å². The lowest BCUT2D eigenvalue weighted by atomic mass is 9.96. The SMILES string of the molecule is Cn1nnc2cc(CNC(=O)[C@@H]3C[C@@H](Cc4ccc(S(C)(=O)=O)cc4)CN3C(=O)[C@H](N)CCC(=O)N3CCCC3)ccc21. The van der Waals surface area contributed by atoms with Crippen molar-refractivity contribution in [3.05, 3.63) is 53.6 Å². The Morgan fingerprint density at radius 3 is 2.47 bits per heavy atom. The molecule has 0 bridgehead atoms. The lowest BCUT2D eigenvalue weighted by molar-refractivity contribution is -0.140. The standard InChI is InChI=1S/C30H39N7O5S/c1-35-26-11-7-21(16-25(26)33-34-35)18-32-29(39)27-17-22(15-20-5-8-23(9-6-20)43(2,41)42)19-37(27)30(40)24(31)10-12-28(38)36-13-3-4-14-36/h5-9,11,16,22,24,27H,3-4,10,12-15,17-19,31H2,1-2H3,(H,32,39)/t22-,24-,27+/m1/s1. The maximum absolute atomic E-state index is 13.6. The van der Waals surface area contributed by atoms with Crippen LogP contribution in [0.3, 0.4) is 0 Å². The van der Waals surface area contributed by atoms with Crippen LogP contribution in [0.4, 0.5) is 0 Å². The van der Waals surface area contributed by atoms with Gasteiger partial charge >= 0.3 is 0 Å². The minimum Gasteiger partial charge on any atom is -0.350 e. The Hall–Kier alpha value is -3.84. The molecule has 0 radical (unpaired) electrons. The van der Waals surface area contributed by atoms with Crippen LogP contribution in [-0.2, 0) is 44.2 Å². The summed E-state index contributed by atoms with van der Waals surface area (Å²) in [5.74, 6) is -0.641. The van der Waals surface area contributed by atoms with Gasteiger partial charge in [0.15, 0.2) is 9.84 Å². The fraction of sp³-hybridized carbons (Fsp3) is 0.500. The third kappa shape index (κ3) is 7.21. The molecule has 0 saturated carbocycles. The second kappa shape index (κ2) is 12.8. The topological polar surface area (TPSA) is 161 Å². The third-order valence-electron chi connectivity index (χ3n) is 8.44. The first-order chi connectivity index (χ1) is 20.5. The molecule has 2 fully saturated rings. The van der Waals surface area contributed by atoms with E-state index in [4.69, 9.17) is 5.73 Å². The van der Waals surface area contributed by atoms with Crippen LogP contribution in [0.25, 0.3) is 11.0 Å². The molecule has 0 unspecified atom stereocenters. The Balaban J connectivity index is 1.26. The average molecular weight is 610 g/mol. The molecule has 43 heavy (non-hydrogen) atoms. The summed E-state index contributed by atoms with van der Waals surface area (Å²) in [5, 5.41) is 11.1. The molecular weight excluding hydrogens is 570 g/mol. The van der Waals surface area contributed by atoms with Crippen LogP contribution >= 0.6 is 0 Å². The van der Waals surface area contributed by atoms with Crippen molar-refractivity contribution in [1.82, 2.24) is 30.1 Å². The molecule has 2 aliphatic heterocycles. The zero-order chi connectivity index (χ0) is 30.7. The van der Waals surface area contributed by atoms with Gasteiger partial charge in [-0.25, -0.2) is 13.1 Å². The number of carbonyl (C=O) groups excluding carboxylic acids is 3. The summed E-state index contributed by atoms with van der Waals surface area (Å²) in [4.78, 5) is 43.2. The highest BCUT2D eigenvalue weighted by Gasteiger charge is 2.41. The van der Waals surface area contributed by atoms with Crippen LogP contribution in [-0.4, -0.2) is 88.9 Å².